The van der Waals surface area contributed by atoms with E-state index >= 15 is 0 Å². The van der Waals surface area contributed by atoms with E-state index in [4.69, 9.17) is 4.74 Å². The second-order valence-electron chi connectivity index (χ2n) is 6.76. The minimum absolute atomic E-state index is 0.0251. The second-order valence-corrected chi connectivity index (χ2v) is 6.76. The first kappa shape index (κ1) is 15.5. The Bertz CT molecular complexity index is 598. The molecule has 3 rings (SSSR count). The van der Waals surface area contributed by atoms with Crippen molar-refractivity contribution in [2.24, 2.45) is 0 Å². The molecule has 0 aliphatic carbocycles. The monoisotopic (exact) mass is 305 g/mol. The number of aliphatic hydroxyl groups excluding tert-OH is 2. The summed E-state index contributed by atoms with van der Waals surface area (Å²) in [7, 11) is 0. The summed E-state index contributed by atoms with van der Waals surface area (Å²) in [5.41, 5.74) is 0.617. The summed E-state index contributed by atoms with van der Waals surface area (Å²) in [6, 6.07) is 4.95. The molecular weight excluding hydrogens is 282 g/mol. The highest BCUT2D eigenvalue weighted by Gasteiger charge is 2.47. The van der Waals surface area contributed by atoms with Gasteiger partial charge in [-0.15, -0.1) is 0 Å². The number of benzene rings is 1. The molecule has 1 aromatic carbocycles. The molecule has 2 heterocycles. The van der Waals surface area contributed by atoms with Crippen molar-refractivity contribution in [2.75, 3.05) is 6.54 Å². The zero-order valence-corrected chi connectivity index (χ0v) is 13.2. The Morgan fingerprint density at radius 1 is 1.36 bits per heavy atom. The molecule has 22 heavy (non-hydrogen) atoms. The summed E-state index contributed by atoms with van der Waals surface area (Å²) >= 11 is 0. The van der Waals surface area contributed by atoms with Crippen molar-refractivity contribution >= 4 is 5.78 Å². The third-order valence-corrected chi connectivity index (χ3v) is 4.74. The van der Waals surface area contributed by atoms with E-state index in [1.165, 1.54) is 6.92 Å². The lowest BCUT2D eigenvalue weighted by molar-refractivity contribution is -0.117. The van der Waals surface area contributed by atoms with Gasteiger partial charge < -0.3 is 14.9 Å². The second kappa shape index (κ2) is 5.33. The summed E-state index contributed by atoms with van der Waals surface area (Å²) in [6.45, 7) is 5.93. The van der Waals surface area contributed by atoms with Crippen LogP contribution in [-0.4, -0.2) is 45.4 Å². The third kappa shape index (κ3) is 2.43. The zero-order valence-electron chi connectivity index (χ0n) is 13.2. The van der Waals surface area contributed by atoms with E-state index in [9.17, 15) is 15.0 Å². The zero-order chi connectivity index (χ0) is 16.1. The molecule has 0 bridgehead atoms. The van der Waals surface area contributed by atoms with Gasteiger partial charge in [0, 0.05) is 17.7 Å². The third-order valence-electron chi connectivity index (χ3n) is 4.74. The number of aliphatic hydroxyl groups is 2. The minimum atomic E-state index is -0.782. The van der Waals surface area contributed by atoms with Crippen molar-refractivity contribution in [1.82, 2.24) is 4.90 Å². The predicted octanol–water partition coefficient (Wildman–Crippen LogP) is 1.88. The number of carbonyl (C=O) groups is 1. The Morgan fingerprint density at radius 3 is 2.68 bits per heavy atom. The molecule has 1 aromatic rings. The lowest BCUT2D eigenvalue weighted by atomic mass is 9.84. The Hall–Kier alpha value is -1.43. The Labute approximate surface area is 130 Å². The van der Waals surface area contributed by atoms with Crippen LogP contribution in [0, 0.1) is 0 Å². The van der Waals surface area contributed by atoms with Gasteiger partial charge in [0.05, 0.1) is 6.04 Å². The van der Waals surface area contributed by atoms with E-state index in [0.717, 1.165) is 18.5 Å². The molecule has 0 saturated carbocycles. The standard InChI is InChI=1S/C17H23NO4/c1-10(19)11-6-7-13-12(9-11)15(16(21)17(2,3)22-13)18-8-4-5-14(18)20/h6-7,9,14-16,20-21H,4-5,8H2,1-3H3/t14?,15-,16+/m0/s1. The SMILES string of the molecule is CC(=O)c1ccc2c(c1)[C@H](N1CCCC1O)[C@@H](O)C(C)(C)O2. The molecule has 3 atom stereocenters. The molecule has 120 valence electrons. The van der Waals surface area contributed by atoms with E-state index in [2.05, 4.69) is 0 Å². The number of likely N-dealkylation sites (tertiary alicyclic amines) is 1. The van der Waals surface area contributed by atoms with Gasteiger partial charge >= 0.3 is 0 Å². The van der Waals surface area contributed by atoms with E-state index in [1.54, 1.807) is 18.2 Å². The number of ketones is 1. The van der Waals surface area contributed by atoms with Gasteiger partial charge in [-0.1, -0.05) is 0 Å². The Kier molecular flexibility index (Phi) is 3.75. The van der Waals surface area contributed by atoms with Crippen LogP contribution in [0.3, 0.4) is 0 Å². The number of hydrogen-bond acceptors (Lipinski definition) is 5. The predicted molar refractivity (Wildman–Crippen MR) is 81.8 cm³/mol. The van der Waals surface area contributed by atoms with Crippen LogP contribution in [0.5, 0.6) is 5.75 Å². The molecule has 1 unspecified atom stereocenters. The molecule has 2 aliphatic rings. The molecule has 2 aliphatic heterocycles. The largest absolute Gasteiger partial charge is 0.485 e. The fraction of sp³-hybridized carbons (Fsp3) is 0.588. The summed E-state index contributed by atoms with van der Waals surface area (Å²) < 4.78 is 5.92. The molecule has 5 heteroatoms. The number of Topliss-reactive ketones (excluding diaryl/α,β-unsaturated/α-hetero) is 1. The van der Waals surface area contributed by atoms with Gasteiger partial charge in [-0.25, -0.2) is 0 Å². The Balaban J connectivity index is 2.10. The van der Waals surface area contributed by atoms with Crippen molar-refractivity contribution in [3.63, 3.8) is 0 Å². The number of ether oxygens (including phenoxy) is 1. The number of carbonyl (C=O) groups excluding carboxylic acids is 1. The van der Waals surface area contributed by atoms with Gasteiger partial charge in [-0.2, -0.15) is 0 Å². The van der Waals surface area contributed by atoms with E-state index in [1.807, 2.05) is 18.7 Å². The van der Waals surface area contributed by atoms with Crippen LogP contribution in [0.1, 0.15) is 55.6 Å². The highest BCUT2D eigenvalue weighted by Crippen LogP contribution is 2.45. The molecular formula is C17H23NO4. The van der Waals surface area contributed by atoms with Gasteiger partial charge in [0.15, 0.2) is 5.78 Å². The summed E-state index contributed by atoms with van der Waals surface area (Å²) in [6.07, 6.45) is 0.247. The van der Waals surface area contributed by atoms with Crippen LogP contribution >= 0.6 is 0 Å². The van der Waals surface area contributed by atoms with E-state index < -0.39 is 17.9 Å². The number of fused-ring (bicyclic) bond motifs is 1. The fourth-order valence-corrected chi connectivity index (χ4v) is 3.44. The van der Waals surface area contributed by atoms with Gasteiger partial charge in [-0.05, 0) is 51.8 Å². The highest BCUT2D eigenvalue weighted by molar-refractivity contribution is 5.94. The van der Waals surface area contributed by atoms with Crippen LogP contribution in [0.4, 0.5) is 0 Å². The smallest absolute Gasteiger partial charge is 0.159 e. The fourth-order valence-electron chi connectivity index (χ4n) is 3.44. The van der Waals surface area contributed by atoms with Crippen LogP contribution in [0.25, 0.3) is 0 Å². The van der Waals surface area contributed by atoms with Gasteiger partial charge in [0.1, 0.15) is 23.7 Å². The van der Waals surface area contributed by atoms with E-state index in [0.29, 0.717) is 17.7 Å². The molecule has 0 radical (unpaired) electrons. The first-order chi connectivity index (χ1) is 10.3. The quantitative estimate of drug-likeness (QED) is 0.816. The molecule has 0 amide bonds. The summed E-state index contributed by atoms with van der Waals surface area (Å²) in [5, 5.41) is 21.0. The maximum absolute atomic E-state index is 11.7. The van der Waals surface area contributed by atoms with Crippen LogP contribution in [-0.2, 0) is 0 Å². The van der Waals surface area contributed by atoms with Crippen molar-refractivity contribution in [1.29, 1.82) is 0 Å². The first-order valence-electron chi connectivity index (χ1n) is 7.77. The van der Waals surface area contributed by atoms with Crippen molar-refractivity contribution < 1.29 is 19.7 Å². The molecule has 2 N–H and O–H groups in total. The van der Waals surface area contributed by atoms with Gasteiger partial charge in [0.2, 0.25) is 0 Å². The van der Waals surface area contributed by atoms with Crippen LogP contribution in [0.15, 0.2) is 18.2 Å². The van der Waals surface area contributed by atoms with Crippen molar-refractivity contribution in [2.45, 2.75) is 57.6 Å². The molecule has 5 nitrogen and oxygen atoms in total. The van der Waals surface area contributed by atoms with Crippen molar-refractivity contribution in [3.8, 4) is 5.75 Å². The normalized spacial score (nSPS) is 30.7. The first-order valence-corrected chi connectivity index (χ1v) is 7.77. The average molecular weight is 305 g/mol. The molecule has 1 saturated heterocycles. The Morgan fingerprint density at radius 2 is 2.09 bits per heavy atom. The maximum atomic E-state index is 11.7. The molecule has 0 spiro atoms. The lowest BCUT2D eigenvalue weighted by Crippen LogP contribution is -2.54. The van der Waals surface area contributed by atoms with E-state index in [-0.39, 0.29) is 11.8 Å². The lowest BCUT2D eigenvalue weighted by Gasteiger charge is -2.46. The van der Waals surface area contributed by atoms with Crippen LogP contribution < -0.4 is 4.74 Å². The average Bonchev–Trinajstić information content (AvgIpc) is 2.85. The topological polar surface area (TPSA) is 70.0 Å². The number of hydrogen-bond donors (Lipinski definition) is 2. The minimum Gasteiger partial charge on any atom is -0.485 e. The maximum Gasteiger partial charge on any atom is 0.159 e. The number of rotatable bonds is 2. The van der Waals surface area contributed by atoms with Gasteiger partial charge in [-0.3, -0.25) is 9.69 Å². The molecule has 1 fully saturated rings. The van der Waals surface area contributed by atoms with Crippen LogP contribution in [0.2, 0.25) is 0 Å². The highest BCUT2D eigenvalue weighted by atomic mass is 16.5. The summed E-state index contributed by atoms with van der Waals surface area (Å²) in [5.74, 6) is 0.646. The van der Waals surface area contributed by atoms with Gasteiger partial charge in [0.25, 0.3) is 0 Å². The number of nitrogens with zero attached hydrogens (tertiary/aromatic N) is 1. The molecule has 0 aromatic heterocycles. The summed E-state index contributed by atoms with van der Waals surface area (Å²) in [4.78, 5) is 13.6. The van der Waals surface area contributed by atoms with Crippen molar-refractivity contribution in [3.05, 3.63) is 29.3 Å².